The van der Waals surface area contributed by atoms with Crippen molar-refractivity contribution in [3.63, 3.8) is 0 Å². The number of nitrogens with zero attached hydrogens (tertiary/aromatic N) is 2. The summed E-state index contributed by atoms with van der Waals surface area (Å²) in [6.07, 6.45) is 19.7. The van der Waals surface area contributed by atoms with Gasteiger partial charge in [0.1, 0.15) is 0 Å². The van der Waals surface area contributed by atoms with Crippen LogP contribution in [0.15, 0.2) is 29.3 Å². The van der Waals surface area contributed by atoms with Crippen molar-refractivity contribution in [1.29, 1.82) is 0 Å². The van der Waals surface area contributed by atoms with E-state index in [0.29, 0.717) is 21.8 Å². The molecule has 4 saturated carbocycles. The lowest BCUT2D eigenvalue weighted by atomic mass is 9.40. The summed E-state index contributed by atoms with van der Waals surface area (Å²) in [5, 5.41) is 0. The van der Waals surface area contributed by atoms with E-state index >= 15 is 0 Å². The van der Waals surface area contributed by atoms with Gasteiger partial charge in [0.05, 0.1) is 5.54 Å². The van der Waals surface area contributed by atoms with Crippen LogP contribution in [0, 0.1) is 22.2 Å². The number of hydrogen-bond acceptors (Lipinski definition) is 2. The highest BCUT2D eigenvalue weighted by Crippen LogP contribution is 2.84. The lowest BCUT2D eigenvalue weighted by molar-refractivity contribution is -0.149. The van der Waals surface area contributed by atoms with Crippen molar-refractivity contribution in [3.8, 4) is 0 Å². The molecule has 6 fully saturated rings. The van der Waals surface area contributed by atoms with Crippen molar-refractivity contribution in [2.45, 2.75) is 56.5 Å². The zero-order chi connectivity index (χ0) is 14.2. The summed E-state index contributed by atoms with van der Waals surface area (Å²) in [4.78, 5) is 8.47. The Morgan fingerprint density at radius 2 is 2.05 bits per heavy atom. The van der Waals surface area contributed by atoms with Crippen LogP contribution in [-0.4, -0.2) is 35.3 Å². The third kappa shape index (κ3) is 0.807. The van der Waals surface area contributed by atoms with Gasteiger partial charge in [0.2, 0.25) is 0 Å². The van der Waals surface area contributed by atoms with E-state index in [2.05, 4.69) is 29.2 Å². The average molecular weight is 292 g/mol. The van der Waals surface area contributed by atoms with Gasteiger partial charge in [-0.05, 0) is 75.4 Å². The summed E-state index contributed by atoms with van der Waals surface area (Å²) in [5.41, 5.74) is 3.23. The van der Waals surface area contributed by atoms with Crippen LogP contribution >= 0.6 is 0 Å². The standard InChI is InChI=1S/C20H24N2/c1-2-6-18-13-14-12-17-5-3-10-22-11-9-19(18,16(17)22)20(14,8-7-17)21-15(18)4-1/h1-2,4,6,14,16H,3,5,7-13H2. The quantitative estimate of drug-likeness (QED) is 0.668. The molecule has 5 bridgehead atoms. The fourth-order valence-electron chi connectivity index (χ4n) is 9.15. The van der Waals surface area contributed by atoms with Gasteiger partial charge in [-0.3, -0.25) is 9.89 Å². The fourth-order valence-corrected chi connectivity index (χ4v) is 9.15. The molecular formula is C20H24N2. The molecular weight excluding hydrogens is 268 g/mol. The third-order valence-corrected chi connectivity index (χ3v) is 9.32. The number of piperidine rings is 1. The number of fused-ring (bicyclic) bond motifs is 1. The number of rotatable bonds is 0. The summed E-state index contributed by atoms with van der Waals surface area (Å²) < 4.78 is 0. The van der Waals surface area contributed by atoms with Gasteiger partial charge in [-0.2, -0.15) is 0 Å². The Bertz CT molecular complexity index is 704. The molecule has 2 saturated heterocycles. The van der Waals surface area contributed by atoms with Crippen LogP contribution in [0.3, 0.4) is 0 Å². The molecule has 0 aromatic heterocycles. The molecule has 8 rings (SSSR count). The van der Waals surface area contributed by atoms with Crippen molar-refractivity contribution < 1.29 is 0 Å². The molecule has 3 heterocycles. The first kappa shape index (κ1) is 11.6. The number of hydrogen-bond donors (Lipinski definition) is 0. The molecule has 6 atom stereocenters. The van der Waals surface area contributed by atoms with E-state index in [-0.39, 0.29) is 0 Å². The average Bonchev–Trinajstić information content (AvgIpc) is 3.11. The molecule has 114 valence electrons. The Kier molecular flexibility index (Phi) is 1.61. The van der Waals surface area contributed by atoms with Gasteiger partial charge in [-0.1, -0.05) is 18.2 Å². The lowest BCUT2D eigenvalue weighted by Crippen LogP contribution is -2.70. The second kappa shape index (κ2) is 3.05. The highest BCUT2D eigenvalue weighted by molar-refractivity contribution is 6.06. The highest BCUT2D eigenvalue weighted by Gasteiger charge is 2.86. The van der Waals surface area contributed by atoms with Gasteiger partial charge in [0.15, 0.2) is 0 Å². The van der Waals surface area contributed by atoms with E-state index in [1.807, 2.05) is 0 Å². The first-order valence-corrected chi connectivity index (χ1v) is 9.47. The largest absolute Gasteiger partial charge is 0.299 e. The number of aliphatic imine (C=N–C) groups is 1. The zero-order valence-electron chi connectivity index (χ0n) is 13.2. The predicted molar refractivity (Wildman–Crippen MR) is 86.9 cm³/mol. The van der Waals surface area contributed by atoms with Crippen molar-refractivity contribution >= 4 is 5.71 Å². The van der Waals surface area contributed by atoms with Crippen LogP contribution in [-0.2, 0) is 0 Å². The van der Waals surface area contributed by atoms with Crippen LogP contribution in [0.2, 0.25) is 0 Å². The minimum atomic E-state index is 0.311. The van der Waals surface area contributed by atoms with Crippen molar-refractivity contribution in [3.05, 3.63) is 24.3 Å². The Labute approximate surface area is 132 Å². The van der Waals surface area contributed by atoms with Gasteiger partial charge in [-0.15, -0.1) is 0 Å². The minimum Gasteiger partial charge on any atom is -0.299 e. The number of allylic oxidation sites excluding steroid dienone is 4. The van der Waals surface area contributed by atoms with Crippen LogP contribution in [0.25, 0.3) is 0 Å². The lowest BCUT2D eigenvalue weighted by Gasteiger charge is -2.67. The summed E-state index contributed by atoms with van der Waals surface area (Å²) in [7, 11) is 0. The highest BCUT2D eigenvalue weighted by atomic mass is 15.3. The third-order valence-electron chi connectivity index (χ3n) is 9.32. The molecule has 8 aliphatic rings. The van der Waals surface area contributed by atoms with Gasteiger partial charge >= 0.3 is 0 Å². The molecule has 2 heteroatoms. The Morgan fingerprint density at radius 3 is 3.05 bits per heavy atom. The molecule has 5 aliphatic carbocycles. The Morgan fingerprint density at radius 1 is 1.05 bits per heavy atom. The molecule has 0 radical (unpaired) electrons. The van der Waals surface area contributed by atoms with Crippen LogP contribution < -0.4 is 0 Å². The maximum atomic E-state index is 5.55. The first-order valence-electron chi connectivity index (χ1n) is 9.47. The van der Waals surface area contributed by atoms with Gasteiger partial charge in [0.25, 0.3) is 0 Å². The van der Waals surface area contributed by atoms with E-state index in [0.717, 1.165) is 12.0 Å². The molecule has 2 nitrogen and oxygen atoms in total. The van der Waals surface area contributed by atoms with E-state index in [4.69, 9.17) is 4.99 Å². The second-order valence-corrected chi connectivity index (χ2v) is 9.34. The van der Waals surface area contributed by atoms with Crippen molar-refractivity contribution in [2.24, 2.45) is 27.2 Å². The molecule has 0 N–H and O–H groups in total. The predicted octanol–water partition coefficient (Wildman–Crippen LogP) is 3.35. The fraction of sp³-hybridized carbons (Fsp3) is 0.750. The monoisotopic (exact) mass is 292 g/mol. The Hall–Kier alpha value is -0.890. The van der Waals surface area contributed by atoms with E-state index in [9.17, 15) is 0 Å². The first-order chi connectivity index (χ1) is 10.8. The summed E-state index contributed by atoms with van der Waals surface area (Å²) in [6.45, 7) is 2.71. The summed E-state index contributed by atoms with van der Waals surface area (Å²) >= 11 is 0. The summed E-state index contributed by atoms with van der Waals surface area (Å²) in [5.74, 6) is 0.885. The molecule has 4 spiro atoms. The van der Waals surface area contributed by atoms with Gasteiger partial charge in [0, 0.05) is 22.6 Å². The van der Waals surface area contributed by atoms with Gasteiger partial charge in [-0.25, -0.2) is 0 Å². The molecule has 3 aliphatic heterocycles. The van der Waals surface area contributed by atoms with Crippen molar-refractivity contribution in [2.75, 3.05) is 13.1 Å². The van der Waals surface area contributed by atoms with E-state index < -0.39 is 0 Å². The van der Waals surface area contributed by atoms with Crippen LogP contribution in [0.1, 0.15) is 44.9 Å². The van der Waals surface area contributed by atoms with Crippen LogP contribution in [0.5, 0.6) is 0 Å². The topological polar surface area (TPSA) is 15.6 Å². The summed E-state index contributed by atoms with van der Waals surface area (Å²) in [6, 6.07) is 0.846. The molecule has 22 heavy (non-hydrogen) atoms. The van der Waals surface area contributed by atoms with E-state index in [1.54, 1.807) is 0 Å². The molecule has 6 unspecified atom stereocenters. The maximum absolute atomic E-state index is 5.55. The molecule has 0 aromatic carbocycles. The van der Waals surface area contributed by atoms with Crippen LogP contribution in [0.4, 0.5) is 0 Å². The maximum Gasteiger partial charge on any atom is 0.0724 e. The zero-order valence-corrected chi connectivity index (χ0v) is 13.2. The second-order valence-electron chi connectivity index (χ2n) is 9.34. The normalized spacial score (nSPS) is 62.3. The SMILES string of the molecule is C1=CC2=NC34CCC56CCCN7CCC3(C75)C2(C=C1)CC4C6. The molecule has 0 amide bonds. The van der Waals surface area contributed by atoms with E-state index in [1.165, 1.54) is 63.7 Å². The minimum absolute atomic E-state index is 0.311. The molecule has 0 aromatic rings. The van der Waals surface area contributed by atoms with Crippen molar-refractivity contribution in [1.82, 2.24) is 4.90 Å². The Balaban J connectivity index is 1.59. The van der Waals surface area contributed by atoms with Gasteiger partial charge < -0.3 is 0 Å². The smallest absolute Gasteiger partial charge is 0.0724 e.